The van der Waals surface area contributed by atoms with Gasteiger partial charge in [0.15, 0.2) is 0 Å². The Kier molecular flexibility index (Phi) is 5.75. The molecule has 2 unspecified atom stereocenters. The van der Waals surface area contributed by atoms with Crippen molar-refractivity contribution in [3.63, 3.8) is 0 Å². The lowest BCUT2D eigenvalue weighted by atomic mass is 10.0. The summed E-state index contributed by atoms with van der Waals surface area (Å²) in [5.41, 5.74) is 7.86. The zero-order chi connectivity index (χ0) is 15.1. The summed E-state index contributed by atoms with van der Waals surface area (Å²) < 4.78 is 5.53. The van der Waals surface area contributed by atoms with Crippen molar-refractivity contribution in [2.45, 2.75) is 25.2 Å². The molecular weight excluding hydrogens is 266 g/mol. The summed E-state index contributed by atoms with van der Waals surface area (Å²) in [7, 11) is 0. The molecule has 4 nitrogen and oxygen atoms in total. The van der Waals surface area contributed by atoms with Crippen LogP contribution < -0.4 is 10.5 Å². The zero-order valence-corrected chi connectivity index (χ0v) is 11.9. The number of benzene rings is 2. The van der Waals surface area contributed by atoms with Gasteiger partial charge in [0.25, 0.3) is 0 Å². The Morgan fingerprint density at radius 3 is 2.43 bits per heavy atom. The molecular formula is C17H21NO3. The number of aliphatic hydroxyl groups excluding tert-OH is 2. The molecule has 0 bridgehead atoms. The molecule has 2 aromatic rings. The van der Waals surface area contributed by atoms with E-state index in [1.165, 1.54) is 0 Å². The standard InChI is InChI=1S/C17H21NO3/c18-16(10-13-5-2-1-3-6-13)17(20)12-21-15-8-4-7-14(9-15)11-19/h1-9,16-17,19-20H,10-12,18H2. The minimum absolute atomic E-state index is 0.0344. The Balaban J connectivity index is 1.84. The molecule has 0 amide bonds. The Bertz CT molecular complexity index is 545. The number of hydrogen-bond donors (Lipinski definition) is 3. The van der Waals surface area contributed by atoms with E-state index in [-0.39, 0.29) is 19.3 Å². The van der Waals surface area contributed by atoms with Gasteiger partial charge in [-0.25, -0.2) is 0 Å². The third-order valence-electron chi connectivity index (χ3n) is 3.31. The molecule has 0 aliphatic rings. The van der Waals surface area contributed by atoms with E-state index < -0.39 is 6.10 Å². The van der Waals surface area contributed by atoms with Crippen LogP contribution in [0.25, 0.3) is 0 Å². The van der Waals surface area contributed by atoms with Gasteiger partial charge in [0.2, 0.25) is 0 Å². The van der Waals surface area contributed by atoms with Gasteiger partial charge >= 0.3 is 0 Å². The monoisotopic (exact) mass is 287 g/mol. The van der Waals surface area contributed by atoms with Crippen molar-refractivity contribution >= 4 is 0 Å². The molecule has 0 saturated heterocycles. The molecule has 0 aromatic heterocycles. The third-order valence-corrected chi connectivity index (χ3v) is 3.31. The van der Waals surface area contributed by atoms with Crippen LogP contribution in [-0.4, -0.2) is 29.0 Å². The number of hydrogen-bond acceptors (Lipinski definition) is 4. The van der Waals surface area contributed by atoms with E-state index in [1.807, 2.05) is 36.4 Å². The SMILES string of the molecule is NC(Cc1ccccc1)C(O)COc1cccc(CO)c1. The van der Waals surface area contributed by atoms with Crippen LogP contribution in [-0.2, 0) is 13.0 Å². The second kappa shape index (κ2) is 7.78. The van der Waals surface area contributed by atoms with Gasteiger partial charge in [-0.05, 0) is 29.7 Å². The summed E-state index contributed by atoms with van der Waals surface area (Å²) >= 11 is 0. The van der Waals surface area contributed by atoms with E-state index in [0.717, 1.165) is 11.1 Å². The van der Waals surface area contributed by atoms with Crippen LogP contribution in [0.1, 0.15) is 11.1 Å². The fourth-order valence-corrected chi connectivity index (χ4v) is 2.06. The first kappa shape index (κ1) is 15.5. The lowest BCUT2D eigenvalue weighted by Gasteiger charge is -2.19. The Labute approximate surface area is 124 Å². The minimum Gasteiger partial charge on any atom is -0.491 e. The van der Waals surface area contributed by atoms with Crippen molar-refractivity contribution in [3.05, 3.63) is 65.7 Å². The summed E-state index contributed by atoms with van der Waals surface area (Å²) in [6.07, 6.45) is -0.148. The van der Waals surface area contributed by atoms with Crippen molar-refractivity contribution in [2.75, 3.05) is 6.61 Å². The van der Waals surface area contributed by atoms with Crippen LogP contribution in [0.2, 0.25) is 0 Å². The van der Waals surface area contributed by atoms with E-state index >= 15 is 0 Å². The highest BCUT2D eigenvalue weighted by atomic mass is 16.5. The molecule has 0 spiro atoms. The van der Waals surface area contributed by atoms with Gasteiger partial charge in [0.05, 0.1) is 6.61 Å². The highest BCUT2D eigenvalue weighted by Crippen LogP contribution is 2.14. The highest BCUT2D eigenvalue weighted by Gasteiger charge is 2.16. The molecule has 0 aliphatic carbocycles. The van der Waals surface area contributed by atoms with Crippen molar-refractivity contribution in [1.82, 2.24) is 0 Å². The molecule has 0 fully saturated rings. The second-order valence-corrected chi connectivity index (χ2v) is 5.04. The number of rotatable bonds is 7. The summed E-state index contributed by atoms with van der Waals surface area (Å²) in [6.45, 7) is 0.0934. The van der Waals surface area contributed by atoms with Gasteiger partial charge in [-0.15, -0.1) is 0 Å². The largest absolute Gasteiger partial charge is 0.491 e. The Morgan fingerprint density at radius 1 is 1.00 bits per heavy atom. The summed E-state index contributed by atoms with van der Waals surface area (Å²) in [4.78, 5) is 0. The predicted molar refractivity (Wildman–Crippen MR) is 82.0 cm³/mol. The van der Waals surface area contributed by atoms with Crippen LogP contribution >= 0.6 is 0 Å². The third kappa shape index (κ3) is 4.86. The normalized spacial score (nSPS) is 13.7. The van der Waals surface area contributed by atoms with Gasteiger partial charge in [-0.1, -0.05) is 42.5 Å². The smallest absolute Gasteiger partial charge is 0.119 e. The maximum Gasteiger partial charge on any atom is 0.119 e. The van der Waals surface area contributed by atoms with Gasteiger partial charge in [0.1, 0.15) is 18.5 Å². The average Bonchev–Trinajstić information content (AvgIpc) is 2.53. The van der Waals surface area contributed by atoms with Crippen LogP contribution in [0.3, 0.4) is 0 Å². The number of ether oxygens (including phenoxy) is 1. The Hall–Kier alpha value is -1.88. The minimum atomic E-state index is -0.747. The topological polar surface area (TPSA) is 75.7 Å². The van der Waals surface area contributed by atoms with E-state index in [9.17, 15) is 5.11 Å². The molecule has 2 atom stereocenters. The van der Waals surface area contributed by atoms with Crippen LogP contribution in [0.4, 0.5) is 0 Å². The van der Waals surface area contributed by atoms with Crippen LogP contribution in [0.5, 0.6) is 5.75 Å². The van der Waals surface area contributed by atoms with Crippen molar-refractivity contribution in [2.24, 2.45) is 5.73 Å². The molecule has 4 heteroatoms. The molecule has 4 N–H and O–H groups in total. The van der Waals surface area contributed by atoms with Gasteiger partial charge < -0.3 is 20.7 Å². The molecule has 0 saturated carbocycles. The Morgan fingerprint density at radius 2 is 1.71 bits per heavy atom. The molecule has 112 valence electrons. The number of nitrogens with two attached hydrogens (primary N) is 1. The van der Waals surface area contributed by atoms with Crippen LogP contribution in [0.15, 0.2) is 54.6 Å². The van der Waals surface area contributed by atoms with Crippen LogP contribution in [0, 0.1) is 0 Å². The first-order chi connectivity index (χ1) is 10.2. The van der Waals surface area contributed by atoms with Crippen molar-refractivity contribution in [1.29, 1.82) is 0 Å². The predicted octanol–water partition coefficient (Wildman–Crippen LogP) is 1.49. The van der Waals surface area contributed by atoms with Gasteiger partial charge in [-0.2, -0.15) is 0 Å². The van der Waals surface area contributed by atoms with E-state index in [1.54, 1.807) is 18.2 Å². The molecule has 0 radical (unpaired) electrons. The van der Waals surface area contributed by atoms with Gasteiger partial charge in [0, 0.05) is 6.04 Å². The van der Waals surface area contributed by atoms with Crippen molar-refractivity contribution in [3.8, 4) is 5.75 Å². The zero-order valence-electron chi connectivity index (χ0n) is 11.9. The second-order valence-electron chi connectivity index (χ2n) is 5.04. The quantitative estimate of drug-likeness (QED) is 0.721. The average molecular weight is 287 g/mol. The van der Waals surface area contributed by atoms with E-state index in [0.29, 0.717) is 12.2 Å². The fraction of sp³-hybridized carbons (Fsp3) is 0.294. The first-order valence-electron chi connectivity index (χ1n) is 6.99. The van der Waals surface area contributed by atoms with Gasteiger partial charge in [-0.3, -0.25) is 0 Å². The molecule has 2 aromatic carbocycles. The molecule has 2 rings (SSSR count). The highest BCUT2D eigenvalue weighted by molar-refractivity contribution is 5.28. The lowest BCUT2D eigenvalue weighted by Crippen LogP contribution is -2.40. The van der Waals surface area contributed by atoms with Crippen molar-refractivity contribution < 1.29 is 14.9 Å². The van der Waals surface area contributed by atoms with E-state index in [4.69, 9.17) is 15.6 Å². The fourth-order valence-electron chi connectivity index (χ4n) is 2.06. The lowest BCUT2D eigenvalue weighted by molar-refractivity contribution is 0.0850. The van der Waals surface area contributed by atoms with E-state index in [2.05, 4.69) is 0 Å². The summed E-state index contributed by atoms with van der Waals surface area (Å²) in [5, 5.41) is 19.1. The maximum atomic E-state index is 10.1. The molecule has 21 heavy (non-hydrogen) atoms. The summed E-state index contributed by atoms with van der Waals surface area (Å²) in [6, 6.07) is 16.6. The number of aliphatic hydroxyl groups is 2. The molecule has 0 aliphatic heterocycles. The molecule has 0 heterocycles. The maximum absolute atomic E-state index is 10.1. The first-order valence-corrected chi connectivity index (χ1v) is 6.99. The summed E-state index contributed by atoms with van der Waals surface area (Å²) in [5.74, 6) is 0.618.